The molecule has 0 aromatic carbocycles. The number of hydrogen-bond acceptors (Lipinski definition) is 3. The summed E-state index contributed by atoms with van der Waals surface area (Å²) in [6, 6.07) is 0.232. The molecule has 1 aliphatic carbocycles. The molecule has 15 heavy (non-hydrogen) atoms. The Morgan fingerprint density at radius 3 is 2.73 bits per heavy atom. The quantitative estimate of drug-likeness (QED) is 0.805. The second-order valence-electron chi connectivity index (χ2n) is 4.18. The second kappa shape index (κ2) is 3.06. The van der Waals surface area contributed by atoms with Crippen LogP contribution in [0.15, 0.2) is 6.20 Å². The minimum absolute atomic E-state index is 0.232. The Bertz CT molecular complexity index is 405. The normalized spacial score (nSPS) is 21.3. The fourth-order valence-corrected chi connectivity index (χ4v) is 1.79. The van der Waals surface area contributed by atoms with Crippen LogP contribution in [0.1, 0.15) is 40.9 Å². The molecule has 0 atom stereocenters. The molecule has 1 saturated heterocycles. The van der Waals surface area contributed by atoms with E-state index in [0.29, 0.717) is 24.7 Å². The minimum atomic E-state index is -0.872. The molecule has 0 spiro atoms. The van der Waals surface area contributed by atoms with E-state index in [9.17, 15) is 4.79 Å². The van der Waals surface area contributed by atoms with Gasteiger partial charge in [-0.15, -0.1) is 0 Å². The van der Waals surface area contributed by atoms with Crippen molar-refractivity contribution in [1.29, 1.82) is 0 Å². The van der Waals surface area contributed by atoms with Gasteiger partial charge < -0.3 is 9.84 Å². The van der Waals surface area contributed by atoms with Gasteiger partial charge in [-0.05, 0) is 12.8 Å². The van der Waals surface area contributed by atoms with Gasteiger partial charge in [0.15, 0.2) is 0 Å². The standard InChI is InChI=1S/C10H12N2O3/c13-10(14)8-3-12(7-4-15-5-7)11-9(8)6-1-2-6/h3,6-7H,1-2,4-5H2,(H,13,14). The highest BCUT2D eigenvalue weighted by molar-refractivity contribution is 5.89. The van der Waals surface area contributed by atoms with E-state index in [-0.39, 0.29) is 6.04 Å². The summed E-state index contributed by atoms with van der Waals surface area (Å²) in [5.74, 6) is -0.498. The van der Waals surface area contributed by atoms with Gasteiger partial charge in [0, 0.05) is 12.1 Å². The molecule has 1 aliphatic heterocycles. The second-order valence-corrected chi connectivity index (χ2v) is 4.18. The molecule has 0 unspecified atom stereocenters. The fraction of sp³-hybridized carbons (Fsp3) is 0.600. The molecule has 0 radical (unpaired) electrons. The SMILES string of the molecule is O=C(O)c1cn(C2COC2)nc1C1CC1. The molecule has 1 aromatic rings. The lowest BCUT2D eigenvalue weighted by atomic mass is 10.2. The Labute approximate surface area is 86.7 Å². The molecule has 2 fully saturated rings. The fourth-order valence-electron chi connectivity index (χ4n) is 1.79. The molecule has 5 heteroatoms. The number of hydrogen-bond donors (Lipinski definition) is 1. The van der Waals surface area contributed by atoms with Gasteiger partial charge in [0.1, 0.15) is 5.56 Å². The zero-order valence-corrected chi connectivity index (χ0v) is 8.22. The lowest BCUT2D eigenvalue weighted by molar-refractivity contribution is -0.0288. The van der Waals surface area contributed by atoms with Crippen LogP contribution in [0.25, 0.3) is 0 Å². The van der Waals surface area contributed by atoms with Crippen LogP contribution in [0.5, 0.6) is 0 Å². The van der Waals surface area contributed by atoms with Crippen molar-refractivity contribution in [3.8, 4) is 0 Å². The van der Waals surface area contributed by atoms with Crippen LogP contribution in [0.2, 0.25) is 0 Å². The molecule has 2 aliphatic rings. The van der Waals surface area contributed by atoms with Gasteiger partial charge in [0.2, 0.25) is 0 Å². The highest BCUT2D eigenvalue weighted by atomic mass is 16.5. The molecule has 1 N–H and O–H groups in total. The first kappa shape index (κ1) is 8.91. The molecule has 0 bridgehead atoms. The number of nitrogens with zero attached hydrogens (tertiary/aromatic N) is 2. The molecule has 1 saturated carbocycles. The summed E-state index contributed by atoms with van der Waals surface area (Å²) in [5.41, 5.74) is 1.12. The van der Waals surface area contributed by atoms with Crippen LogP contribution < -0.4 is 0 Å². The summed E-state index contributed by atoms with van der Waals surface area (Å²) < 4.78 is 6.82. The Morgan fingerprint density at radius 2 is 2.27 bits per heavy atom. The van der Waals surface area contributed by atoms with Crippen molar-refractivity contribution in [2.24, 2.45) is 0 Å². The topological polar surface area (TPSA) is 64.3 Å². The van der Waals surface area contributed by atoms with Crippen LogP contribution in [0.3, 0.4) is 0 Å². The van der Waals surface area contributed by atoms with Crippen molar-refractivity contribution in [1.82, 2.24) is 9.78 Å². The molecule has 1 aromatic heterocycles. The highest BCUT2D eigenvalue weighted by Crippen LogP contribution is 2.41. The number of ether oxygens (including phenoxy) is 1. The summed E-state index contributed by atoms with van der Waals surface area (Å²) in [7, 11) is 0. The predicted octanol–water partition coefficient (Wildman–Crippen LogP) is 1.03. The molecule has 0 amide bonds. The molecule has 3 rings (SSSR count). The number of carboxylic acids is 1. The van der Waals surface area contributed by atoms with Gasteiger partial charge in [-0.3, -0.25) is 4.68 Å². The largest absolute Gasteiger partial charge is 0.478 e. The van der Waals surface area contributed by atoms with Gasteiger partial charge in [-0.25, -0.2) is 4.79 Å². The van der Waals surface area contributed by atoms with Crippen LogP contribution in [0.4, 0.5) is 0 Å². The van der Waals surface area contributed by atoms with E-state index in [1.807, 2.05) is 0 Å². The van der Waals surface area contributed by atoms with Gasteiger partial charge in [0.25, 0.3) is 0 Å². The average Bonchev–Trinajstić information content (AvgIpc) is 2.85. The highest BCUT2D eigenvalue weighted by Gasteiger charge is 2.33. The van der Waals surface area contributed by atoms with Crippen LogP contribution in [-0.2, 0) is 4.74 Å². The van der Waals surface area contributed by atoms with Gasteiger partial charge in [-0.2, -0.15) is 5.10 Å². The molecule has 2 heterocycles. The number of carboxylic acid groups (broad SMARTS) is 1. The third-order valence-electron chi connectivity index (χ3n) is 2.95. The van der Waals surface area contributed by atoms with Crippen LogP contribution in [-0.4, -0.2) is 34.1 Å². The summed E-state index contributed by atoms with van der Waals surface area (Å²) in [4.78, 5) is 11.0. The van der Waals surface area contributed by atoms with Gasteiger partial charge >= 0.3 is 5.97 Å². The summed E-state index contributed by atoms with van der Waals surface area (Å²) in [6.07, 6.45) is 3.78. The van der Waals surface area contributed by atoms with Gasteiger partial charge in [0.05, 0.1) is 24.9 Å². The number of carbonyl (C=O) groups is 1. The van der Waals surface area contributed by atoms with E-state index in [1.165, 1.54) is 0 Å². The zero-order chi connectivity index (χ0) is 10.4. The Balaban J connectivity index is 1.95. The maximum absolute atomic E-state index is 11.0. The maximum Gasteiger partial charge on any atom is 0.339 e. The molecular weight excluding hydrogens is 196 g/mol. The molecule has 80 valence electrons. The first-order valence-corrected chi connectivity index (χ1v) is 5.16. The average molecular weight is 208 g/mol. The Hall–Kier alpha value is -1.36. The maximum atomic E-state index is 11.0. The van der Waals surface area contributed by atoms with Crippen molar-refractivity contribution in [3.05, 3.63) is 17.5 Å². The summed E-state index contributed by atoms with van der Waals surface area (Å²) >= 11 is 0. The Kier molecular flexibility index (Phi) is 1.82. The van der Waals surface area contributed by atoms with Crippen LogP contribution in [0, 0.1) is 0 Å². The van der Waals surface area contributed by atoms with E-state index < -0.39 is 5.97 Å². The first-order valence-electron chi connectivity index (χ1n) is 5.16. The molecule has 5 nitrogen and oxygen atoms in total. The third-order valence-corrected chi connectivity index (χ3v) is 2.95. The van der Waals surface area contributed by atoms with Crippen molar-refractivity contribution in [3.63, 3.8) is 0 Å². The Morgan fingerprint density at radius 1 is 1.53 bits per heavy atom. The van der Waals surface area contributed by atoms with E-state index in [2.05, 4.69) is 5.10 Å². The van der Waals surface area contributed by atoms with Crippen molar-refractivity contribution in [2.45, 2.75) is 24.8 Å². The van der Waals surface area contributed by atoms with Crippen molar-refractivity contribution >= 4 is 5.97 Å². The van der Waals surface area contributed by atoms with E-state index in [1.54, 1.807) is 10.9 Å². The van der Waals surface area contributed by atoms with Crippen molar-refractivity contribution < 1.29 is 14.6 Å². The zero-order valence-electron chi connectivity index (χ0n) is 8.22. The lowest BCUT2D eigenvalue weighted by Gasteiger charge is -2.25. The summed E-state index contributed by atoms with van der Waals surface area (Å²) in [6.45, 7) is 1.29. The monoisotopic (exact) mass is 208 g/mol. The third kappa shape index (κ3) is 1.43. The van der Waals surface area contributed by atoms with E-state index >= 15 is 0 Å². The predicted molar refractivity (Wildman–Crippen MR) is 51.0 cm³/mol. The van der Waals surface area contributed by atoms with Crippen molar-refractivity contribution in [2.75, 3.05) is 13.2 Å². The minimum Gasteiger partial charge on any atom is -0.478 e. The first-order chi connectivity index (χ1) is 7.25. The van der Waals surface area contributed by atoms with E-state index in [0.717, 1.165) is 18.5 Å². The molecular formula is C10H12N2O3. The number of aromatic carboxylic acids is 1. The van der Waals surface area contributed by atoms with E-state index in [4.69, 9.17) is 9.84 Å². The smallest absolute Gasteiger partial charge is 0.339 e. The lowest BCUT2D eigenvalue weighted by Crippen LogP contribution is -2.31. The van der Waals surface area contributed by atoms with Gasteiger partial charge in [-0.1, -0.05) is 0 Å². The summed E-state index contributed by atoms with van der Waals surface area (Å²) in [5, 5.41) is 13.4. The van der Waals surface area contributed by atoms with Crippen LogP contribution >= 0.6 is 0 Å². The number of rotatable bonds is 3. The number of aromatic nitrogens is 2.